The fourth-order valence-electron chi connectivity index (χ4n) is 4.04. The highest BCUT2D eigenvalue weighted by atomic mass is 35.5. The Morgan fingerprint density at radius 2 is 1.72 bits per heavy atom. The van der Waals surface area contributed by atoms with Crippen molar-refractivity contribution in [3.8, 4) is 0 Å². The highest BCUT2D eigenvalue weighted by molar-refractivity contribution is 6.39. The molecule has 1 heterocycles. The van der Waals surface area contributed by atoms with E-state index >= 15 is 0 Å². The molecular weight excluding hydrogens is 453 g/mol. The fraction of sp³-hybridized carbons (Fsp3) is 0.478. The summed E-state index contributed by atoms with van der Waals surface area (Å²) in [5.74, 6) is 0.460. The van der Waals surface area contributed by atoms with Crippen molar-refractivity contribution in [1.29, 1.82) is 0 Å². The number of hydrogen-bond acceptors (Lipinski definition) is 6. The molecule has 7 nitrogen and oxygen atoms in total. The van der Waals surface area contributed by atoms with E-state index < -0.39 is 12.0 Å². The number of nitrogens with one attached hydrogen (secondary N) is 1. The van der Waals surface area contributed by atoms with Crippen LogP contribution in [0, 0.1) is 5.92 Å². The second-order valence-electron chi connectivity index (χ2n) is 8.22. The quantitative estimate of drug-likeness (QED) is 0.436. The summed E-state index contributed by atoms with van der Waals surface area (Å²) in [5, 5.41) is 12.1. The van der Waals surface area contributed by atoms with Crippen molar-refractivity contribution in [3.63, 3.8) is 0 Å². The molecule has 2 N–H and O–H groups in total. The first kappa shape index (κ1) is 24.4. The van der Waals surface area contributed by atoms with E-state index in [1.807, 2.05) is 24.3 Å². The van der Waals surface area contributed by atoms with Gasteiger partial charge in [0.1, 0.15) is 21.7 Å². The number of carbonyl (C=O) groups excluding carboxylic acids is 2. The van der Waals surface area contributed by atoms with Gasteiger partial charge in [0.2, 0.25) is 0 Å². The van der Waals surface area contributed by atoms with Gasteiger partial charge in [0.05, 0.1) is 13.2 Å². The van der Waals surface area contributed by atoms with E-state index in [-0.39, 0.29) is 34.1 Å². The van der Waals surface area contributed by atoms with Crippen LogP contribution in [0.1, 0.15) is 66.7 Å². The minimum Gasteiger partial charge on any atom is -0.469 e. The van der Waals surface area contributed by atoms with Crippen molar-refractivity contribution in [3.05, 3.63) is 51.5 Å². The van der Waals surface area contributed by atoms with E-state index in [1.54, 1.807) is 6.92 Å². The number of amides is 1. The van der Waals surface area contributed by atoms with Gasteiger partial charge in [0.15, 0.2) is 0 Å². The van der Waals surface area contributed by atoms with Gasteiger partial charge >= 0.3 is 5.97 Å². The summed E-state index contributed by atoms with van der Waals surface area (Å²) < 4.78 is 4.77. The van der Waals surface area contributed by atoms with Crippen LogP contribution in [0.5, 0.6) is 0 Å². The molecule has 1 aliphatic rings. The Morgan fingerprint density at radius 3 is 2.25 bits per heavy atom. The third-order valence-corrected chi connectivity index (χ3v) is 6.29. The molecule has 1 atom stereocenters. The van der Waals surface area contributed by atoms with Gasteiger partial charge in [-0.15, -0.1) is 0 Å². The highest BCUT2D eigenvalue weighted by Crippen LogP contribution is 2.37. The second-order valence-corrected chi connectivity index (χ2v) is 8.94. The van der Waals surface area contributed by atoms with E-state index in [1.165, 1.54) is 12.7 Å². The minimum absolute atomic E-state index is 0.00400. The van der Waals surface area contributed by atoms with E-state index in [9.17, 15) is 14.7 Å². The van der Waals surface area contributed by atoms with Gasteiger partial charge in [-0.3, -0.25) is 9.59 Å². The molecule has 32 heavy (non-hydrogen) atoms. The normalized spacial score (nSPS) is 19.3. The summed E-state index contributed by atoms with van der Waals surface area (Å²) in [5.41, 5.74) is 1.82. The first-order valence-electron chi connectivity index (χ1n) is 10.6. The van der Waals surface area contributed by atoms with Crippen LogP contribution in [0.4, 0.5) is 5.69 Å². The lowest BCUT2D eigenvalue weighted by molar-refractivity contribution is -0.142. The maximum Gasteiger partial charge on any atom is 0.305 e. The van der Waals surface area contributed by atoms with Crippen LogP contribution < -0.4 is 5.32 Å². The van der Waals surface area contributed by atoms with E-state index in [0.717, 1.165) is 25.7 Å². The van der Waals surface area contributed by atoms with Crippen LogP contribution >= 0.6 is 23.2 Å². The topological polar surface area (TPSA) is 101 Å². The number of methoxy groups -OCH3 is 1. The number of anilines is 1. The molecule has 1 aromatic carbocycles. The van der Waals surface area contributed by atoms with Crippen LogP contribution in [0.2, 0.25) is 10.3 Å². The summed E-state index contributed by atoms with van der Waals surface area (Å²) in [7, 11) is 1.43. The van der Waals surface area contributed by atoms with E-state index in [4.69, 9.17) is 27.9 Å². The number of esters is 1. The Bertz CT molecular complexity index is 935. The second kappa shape index (κ2) is 11.1. The van der Waals surface area contributed by atoms with Crippen molar-refractivity contribution in [2.24, 2.45) is 5.92 Å². The number of rotatable bonds is 7. The summed E-state index contributed by atoms with van der Waals surface area (Å²) in [6.45, 7) is 1.60. The number of benzene rings is 1. The molecule has 1 amide bonds. The summed E-state index contributed by atoms with van der Waals surface area (Å²) in [6.07, 6.45) is 4.07. The Kier molecular flexibility index (Phi) is 8.45. The lowest BCUT2D eigenvalue weighted by atomic mass is 9.77. The number of carbonyl (C=O) groups is 2. The van der Waals surface area contributed by atoms with Gasteiger partial charge in [-0.2, -0.15) is 0 Å². The van der Waals surface area contributed by atoms with Gasteiger partial charge in [0, 0.05) is 18.5 Å². The molecule has 9 heteroatoms. The molecule has 0 saturated heterocycles. The molecule has 0 aliphatic heterocycles. The van der Waals surface area contributed by atoms with Gasteiger partial charge in [0.25, 0.3) is 5.91 Å². The number of aromatic nitrogens is 2. The van der Waals surface area contributed by atoms with E-state index in [2.05, 4.69) is 15.3 Å². The standard InChI is InChI=1S/C23H27Cl2N3O4/c1-13(29)11-18-27-21(24)20(22(25)28-18)23(31)26-17-9-7-16(8-10-17)15-5-3-14(4-6-15)12-19(30)32-2/h7-10,13-15,29H,3-6,11-12H2,1-2H3,(H,26,31)/t13-,14?,15?/m0/s1. The molecule has 172 valence electrons. The maximum absolute atomic E-state index is 12.7. The molecule has 1 saturated carbocycles. The lowest BCUT2D eigenvalue weighted by Crippen LogP contribution is -2.18. The first-order valence-corrected chi connectivity index (χ1v) is 11.4. The Labute approximate surface area is 197 Å². The average Bonchev–Trinajstić information content (AvgIpc) is 2.74. The van der Waals surface area contributed by atoms with Crippen LogP contribution in [-0.2, 0) is 16.0 Å². The molecule has 0 radical (unpaired) electrons. The van der Waals surface area contributed by atoms with Crippen molar-refractivity contribution in [1.82, 2.24) is 9.97 Å². The largest absolute Gasteiger partial charge is 0.469 e. The van der Waals surface area contributed by atoms with Crippen molar-refractivity contribution >= 4 is 40.8 Å². The molecule has 1 aliphatic carbocycles. The maximum atomic E-state index is 12.7. The zero-order valence-electron chi connectivity index (χ0n) is 18.1. The lowest BCUT2D eigenvalue weighted by Gasteiger charge is -2.28. The zero-order valence-corrected chi connectivity index (χ0v) is 19.6. The van der Waals surface area contributed by atoms with Crippen molar-refractivity contribution < 1.29 is 19.4 Å². The average molecular weight is 480 g/mol. The van der Waals surface area contributed by atoms with Crippen LogP contribution in [0.15, 0.2) is 24.3 Å². The molecule has 2 aromatic rings. The van der Waals surface area contributed by atoms with Gasteiger partial charge in [-0.05, 0) is 62.1 Å². The van der Waals surface area contributed by atoms with Crippen LogP contribution in [0.3, 0.4) is 0 Å². The summed E-state index contributed by atoms with van der Waals surface area (Å²) in [4.78, 5) is 32.3. The molecule has 3 rings (SSSR count). The zero-order chi connectivity index (χ0) is 23.3. The van der Waals surface area contributed by atoms with Crippen molar-refractivity contribution in [2.45, 2.75) is 57.5 Å². The Hall–Kier alpha value is -2.22. The monoisotopic (exact) mass is 479 g/mol. The SMILES string of the molecule is COC(=O)CC1CCC(c2ccc(NC(=O)c3c(Cl)nc(C[C@H](C)O)nc3Cl)cc2)CC1. The number of ether oxygens (including phenoxy) is 1. The first-order chi connectivity index (χ1) is 15.3. The molecule has 1 fully saturated rings. The van der Waals surface area contributed by atoms with Gasteiger partial charge < -0.3 is 15.2 Å². The van der Waals surface area contributed by atoms with Crippen LogP contribution in [0.25, 0.3) is 0 Å². The van der Waals surface area contributed by atoms with Gasteiger partial charge in [-0.1, -0.05) is 35.3 Å². The molecule has 0 unspecified atom stereocenters. The number of nitrogens with zero attached hydrogens (tertiary/aromatic N) is 2. The third kappa shape index (κ3) is 6.40. The Morgan fingerprint density at radius 1 is 1.12 bits per heavy atom. The predicted octanol–water partition coefficient (Wildman–Crippen LogP) is 4.80. The number of hydrogen-bond donors (Lipinski definition) is 2. The molecule has 0 spiro atoms. The fourth-order valence-corrected chi connectivity index (χ4v) is 4.64. The number of aliphatic hydroxyl groups is 1. The van der Waals surface area contributed by atoms with E-state index in [0.29, 0.717) is 23.9 Å². The van der Waals surface area contributed by atoms with Crippen molar-refractivity contribution in [2.75, 3.05) is 12.4 Å². The summed E-state index contributed by atoms with van der Waals surface area (Å²) >= 11 is 12.3. The molecule has 1 aromatic heterocycles. The molecular formula is C23H27Cl2N3O4. The third-order valence-electron chi connectivity index (χ3n) is 5.74. The Balaban J connectivity index is 1.60. The highest BCUT2D eigenvalue weighted by Gasteiger charge is 2.25. The number of halogens is 2. The molecule has 0 bridgehead atoms. The smallest absolute Gasteiger partial charge is 0.305 e. The summed E-state index contributed by atoms with van der Waals surface area (Å²) in [6, 6.07) is 7.70. The minimum atomic E-state index is -0.650. The predicted molar refractivity (Wildman–Crippen MR) is 123 cm³/mol. The number of aliphatic hydroxyl groups excluding tert-OH is 1. The van der Waals surface area contributed by atoms with Crippen LogP contribution in [-0.4, -0.2) is 40.2 Å². The van der Waals surface area contributed by atoms with Gasteiger partial charge in [-0.25, -0.2) is 9.97 Å².